The molecule has 1 saturated heterocycles. The number of nitrogens with one attached hydrogen (secondary N) is 1. The van der Waals surface area contributed by atoms with Crippen molar-refractivity contribution in [1.82, 2.24) is 4.90 Å². The van der Waals surface area contributed by atoms with Gasteiger partial charge in [-0.2, -0.15) is 0 Å². The van der Waals surface area contributed by atoms with E-state index in [4.69, 9.17) is 9.47 Å². The Hall–Kier alpha value is -3.00. The molecule has 1 aliphatic rings. The molecule has 3 rings (SSSR count). The normalized spacial score (nSPS) is 15.7. The molecule has 1 aliphatic heterocycles. The fourth-order valence-electron chi connectivity index (χ4n) is 3.17. The third kappa shape index (κ3) is 5.54. The summed E-state index contributed by atoms with van der Waals surface area (Å²) in [7, 11) is 1.35. The number of carbonyl (C=O) groups excluding carboxylic acids is 3. The standard InChI is InChI=1S/C22H24N2O5S/c1-15(25)23-18-5-3-6-19(13-18)29-12-4-11-24-20(26)14-30-21(24)16-7-9-17(10-8-16)22(27)28-2/h3,5-10,13,21H,4,11-12,14H2,1-2H3,(H,23,25). The lowest BCUT2D eigenvalue weighted by Crippen LogP contribution is -2.30. The second-order valence-electron chi connectivity index (χ2n) is 6.78. The predicted molar refractivity (Wildman–Crippen MR) is 116 cm³/mol. The smallest absolute Gasteiger partial charge is 0.337 e. The van der Waals surface area contributed by atoms with Gasteiger partial charge in [-0.05, 0) is 36.2 Å². The van der Waals surface area contributed by atoms with Crippen LogP contribution in [0.25, 0.3) is 0 Å². The van der Waals surface area contributed by atoms with E-state index in [1.165, 1.54) is 14.0 Å². The van der Waals surface area contributed by atoms with Crippen LogP contribution in [0.2, 0.25) is 0 Å². The predicted octanol–water partition coefficient (Wildman–Crippen LogP) is 3.47. The maximum atomic E-state index is 12.3. The maximum Gasteiger partial charge on any atom is 0.337 e. The van der Waals surface area contributed by atoms with Gasteiger partial charge in [-0.25, -0.2) is 4.79 Å². The number of hydrogen-bond acceptors (Lipinski definition) is 6. The molecule has 0 aromatic heterocycles. The molecule has 1 atom stereocenters. The SMILES string of the molecule is COC(=O)c1ccc(C2SCC(=O)N2CCCOc2cccc(NC(C)=O)c2)cc1. The van der Waals surface area contributed by atoms with Crippen LogP contribution < -0.4 is 10.1 Å². The second kappa shape index (κ2) is 10.2. The van der Waals surface area contributed by atoms with Crippen LogP contribution in [-0.2, 0) is 14.3 Å². The van der Waals surface area contributed by atoms with Gasteiger partial charge in [0.25, 0.3) is 0 Å². The van der Waals surface area contributed by atoms with Crippen LogP contribution in [-0.4, -0.2) is 48.7 Å². The van der Waals surface area contributed by atoms with Gasteiger partial charge in [0.05, 0.1) is 25.0 Å². The van der Waals surface area contributed by atoms with E-state index in [1.54, 1.807) is 36.0 Å². The van der Waals surface area contributed by atoms with E-state index >= 15 is 0 Å². The summed E-state index contributed by atoms with van der Waals surface area (Å²) in [6, 6.07) is 14.4. The quantitative estimate of drug-likeness (QED) is 0.512. The van der Waals surface area contributed by atoms with Crippen LogP contribution in [0.3, 0.4) is 0 Å². The minimum absolute atomic E-state index is 0.0766. The van der Waals surface area contributed by atoms with Gasteiger partial charge in [0.1, 0.15) is 11.1 Å². The van der Waals surface area contributed by atoms with E-state index < -0.39 is 0 Å². The summed E-state index contributed by atoms with van der Waals surface area (Å²) in [5.74, 6) is 0.674. The number of carbonyl (C=O) groups is 3. The minimum Gasteiger partial charge on any atom is -0.493 e. The largest absolute Gasteiger partial charge is 0.493 e. The number of nitrogens with zero attached hydrogens (tertiary/aromatic N) is 1. The molecule has 0 bridgehead atoms. The molecule has 0 aliphatic carbocycles. The van der Waals surface area contributed by atoms with Gasteiger partial charge in [0.15, 0.2) is 0 Å². The van der Waals surface area contributed by atoms with Crippen LogP contribution >= 0.6 is 11.8 Å². The average Bonchev–Trinajstić information content (AvgIpc) is 3.11. The third-order valence-electron chi connectivity index (χ3n) is 4.55. The highest BCUT2D eigenvalue weighted by molar-refractivity contribution is 8.00. The fourth-order valence-corrected chi connectivity index (χ4v) is 4.38. The zero-order valence-corrected chi connectivity index (χ0v) is 17.7. The van der Waals surface area contributed by atoms with Crippen LogP contribution in [0.15, 0.2) is 48.5 Å². The molecule has 1 unspecified atom stereocenters. The summed E-state index contributed by atoms with van der Waals surface area (Å²) < 4.78 is 10.5. The van der Waals surface area contributed by atoms with Crippen molar-refractivity contribution in [3.05, 3.63) is 59.7 Å². The lowest BCUT2D eigenvalue weighted by Gasteiger charge is -2.24. The Kier molecular flexibility index (Phi) is 7.35. The molecule has 1 heterocycles. The fraction of sp³-hybridized carbons (Fsp3) is 0.318. The van der Waals surface area contributed by atoms with Crippen molar-refractivity contribution in [3.8, 4) is 5.75 Å². The van der Waals surface area contributed by atoms with E-state index in [2.05, 4.69) is 5.32 Å². The van der Waals surface area contributed by atoms with Crippen molar-refractivity contribution in [3.63, 3.8) is 0 Å². The number of ether oxygens (including phenoxy) is 2. The van der Waals surface area contributed by atoms with Crippen LogP contribution in [0.1, 0.15) is 34.6 Å². The lowest BCUT2D eigenvalue weighted by atomic mass is 10.1. The van der Waals surface area contributed by atoms with E-state index in [1.807, 2.05) is 29.2 Å². The van der Waals surface area contributed by atoms with Gasteiger partial charge in [-0.3, -0.25) is 9.59 Å². The summed E-state index contributed by atoms with van der Waals surface area (Å²) in [6.45, 7) is 2.48. The highest BCUT2D eigenvalue weighted by Crippen LogP contribution is 2.38. The van der Waals surface area contributed by atoms with Crippen molar-refractivity contribution in [1.29, 1.82) is 0 Å². The van der Waals surface area contributed by atoms with Crippen molar-refractivity contribution >= 4 is 35.2 Å². The number of methoxy groups -OCH3 is 1. The number of benzene rings is 2. The molecule has 2 amide bonds. The molecule has 1 fully saturated rings. The first kappa shape index (κ1) is 21.7. The van der Waals surface area contributed by atoms with Crippen LogP contribution in [0.5, 0.6) is 5.75 Å². The number of esters is 1. The Bertz CT molecular complexity index is 916. The molecule has 7 nitrogen and oxygen atoms in total. The zero-order valence-electron chi connectivity index (χ0n) is 16.9. The number of anilines is 1. The second-order valence-corrected chi connectivity index (χ2v) is 7.84. The topological polar surface area (TPSA) is 84.9 Å². The molecular formula is C22H24N2O5S. The number of hydrogen-bond donors (Lipinski definition) is 1. The Morgan fingerprint density at radius 1 is 1.20 bits per heavy atom. The van der Waals surface area contributed by atoms with Gasteiger partial charge in [-0.15, -0.1) is 11.8 Å². The first-order chi connectivity index (χ1) is 14.5. The first-order valence-corrected chi connectivity index (χ1v) is 10.6. The monoisotopic (exact) mass is 428 g/mol. The third-order valence-corrected chi connectivity index (χ3v) is 5.81. The van der Waals surface area contributed by atoms with Gasteiger partial charge in [0, 0.05) is 25.2 Å². The van der Waals surface area contributed by atoms with Crippen molar-refractivity contribution < 1.29 is 23.9 Å². The zero-order chi connectivity index (χ0) is 21.5. The average molecular weight is 429 g/mol. The van der Waals surface area contributed by atoms with Crippen LogP contribution in [0, 0.1) is 0 Å². The summed E-state index contributed by atoms with van der Waals surface area (Å²) in [5, 5.41) is 2.64. The Morgan fingerprint density at radius 3 is 2.67 bits per heavy atom. The number of rotatable bonds is 8. The maximum absolute atomic E-state index is 12.3. The summed E-state index contributed by atoms with van der Waals surface area (Å²) in [6.07, 6.45) is 0.674. The van der Waals surface area contributed by atoms with E-state index in [0.29, 0.717) is 42.3 Å². The molecule has 2 aromatic carbocycles. The number of thioether (sulfide) groups is 1. The molecule has 0 saturated carbocycles. The van der Waals surface area contributed by atoms with E-state index in [9.17, 15) is 14.4 Å². The van der Waals surface area contributed by atoms with Gasteiger partial charge in [-0.1, -0.05) is 18.2 Å². The van der Waals surface area contributed by atoms with Gasteiger partial charge < -0.3 is 19.7 Å². The number of amides is 2. The Balaban J connectivity index is 1.54. The van der Waals surface area contributed by atoms with Crippen molar-refractivity contribution in [2.75, 3.05) is 31.3 Å². The molecule has 2 aromatic rings. The molecular weight excluding hydrogens is 404 g/mol. The van der Waals surface area contributed by atoms with Gasteiger partial charge >= 0.3 is 5.97 Å². The highest BCUT2D eigenvalue weighted by Gasteiger charge is 2.32. The summed E-state index contributed by atoms with van der Waals surface area (Å²) >= 11 is 1.57. The summed E-state index contributed by atoms with van der Waals surface area (Å²) in [4.78, 5) is 36.9. The molecule has 1 N–H and O–H groups in total. The van der Waals surface area contributed by atoms with E-state index in [-0.39, 0.29) is 23.2 Å². The van der Waals surface area contributed by atoms with Crippen molar-refractivity contribution in [2.24, 2.45) is 0 Å². The Morgan fingerprint density at radius 2 is 1.97 bits per heavy atom. The Labute approximate surface area is 179 Å². The highest BCUT2D eigenvalue weighted by atomic mass is 32.2. The van der Waals surface area contributed by atoms with Crippen molar-refractivity contribution in [2.45, 2.75) is 18.7 Å². The molecule has 0 radical (unpaired) electrons. The van der Waals surface area contributed by atoms with Crippen LogP contribution in [0.4, 0.5) is 5.69 Å². The molecule has 8 heteroatoms. The van der Waals surface area contributed by atoms with Gasteiger partial charge in [0.2, 0.25) is 11.8 Å². The molecule has 158 valence electrons. The van der Waals surface area contributed by atoms with E-state index in [0.717, 1.165) is 5.56 Å². The molecule has 30 heavy (non-hydrogen) atoms. The minimum atomic E-state index is -0.381. The lowest BCUT2D eigenvalue weighted by molar-refractivity contribution is -0.128. The summed E-state index contributed by atoms with van der Waals surface area (Å²) in [5.41, 5.74) is 2.14. The molecule has 0 spiro atoms. The first-order valence-electron chi connectivity index (χ1n) is 9.57.